The fraction of sp³-hybridized carbons (Fsp3) is 0.421. The van der Waals surface area contributed by atoms with Gasteiger partial charge < -0.3 is 10.1 Å². The highest BCUT2D eigenvalue weighted by atomic mass is 35.5. The van der Waals surface area contributed by atoms with E-state index in [1.54, 1.807) is 0 Å². The molecular formula is C19H21ClN2O. The van der Waals surface area contributed by atoms with Gasteiger partial charge in [-0.3, -0.25) is 0 Å². The van der Waals surface area contributed by atoms with Crippen molar-refractivity contribution in [1.29, 1.82) is 0 Å². The summed E-state index contributed by atoms with van der Waals surface area (Å²) in [5, 5.41) is 4.37. The number of ether oxygens (including phenoxy) is 1. The molecule has 0 saturated carbocycles. The smallest absolute Gasteiger partial charge is 0.213 e. The van der Waals surface area contributed by atoms with E-state index in [1.807, 2.05) is 30.3 Å². The number of nitrogens with zero attached hydrogens (tertiary/aromatic N) is 1. The molecule has 0 bridgehead atoms. The van der Waals surface area contributed by atoms with Gasteiger partial charge in [-0.25, -0.2) is 4.98 Å². The summed E-state index contributed by atoms with van der Waals surface area (Å²) in [6, 6.07) is 12.6. The highest BCUT2D eigenvalue weighted by Gasteiger charge is 2.44. The molecule has 3 nitrogen and oxygen atoms in total. The lowest BCUT2D eigenvalue weighted by molar-refractivity contribution is 0.289. The van der Waals surface area contributed by atoms with Crippen molar-refractivity contribution >= 4 is 11.6 Å². The standard InChI is InChI=1S/C19H21ClN2O/c1-19-10-11-21-17(19)8-7-16-14(19)6-9-18(22-16)23-12-13-4-2-3-5-15(13)20/h2-6,9,17,21H,7-8,10-12H2,1H3. The highest BCUT2D eigenvalue weighted by molar-refractivity contribution is 6.31. The Kier molecular flexibility index (Phi) is 3.78. The molecule has 1 N–H and O–H groups in total. The lowest BCUT2D eigenvalue weighted by atomic mass is 9.70. The molecule has 2 heterocycles. The maximum atomic E-state index is 6.18. The molecule has 0 spiro atoms. The van der Waals surface area contributed by atoms with Gasteiger partial charge in [0.25, 0.3) is 0 Å². The molecule has 0 amide bonds. The van der Waals surface area contributed by atoms with Crippen molar-refractivity contribution < 1.29 is 4.74 Å². The zero-order valence-electron chi connectivity index (χ0n) is 13.3. The van der Waals surface area contributed by atoms with Gasteiger partial charge in [0.1, 0.15) is 6.61 Å². The van der Waals surface area contributed by atoms with Crippen molar-refractivity contribution in [3.8, 4) is 5.88 Å². The summed E-state index contributed by atoms with van der Waals surface area (Å²) in [7, 11) is 0. The van der Waals surface area contributed by atoms with Gasteiger partial charge in [0.15, 0.2) is 0 Å². The van der Waals surface area contributed by atoms with Crippen LogP contribution < -0.4 is 10.1 Å². The summed E-state index contributed by atoms with van der Waals surface area (Å²) >= 11 is 6.18. The molecule has 1 fully saturated rings. The Morgan fingerprint density at radius 3 is 3.04 bits per heavy atom. The van der Waals surface area contributed by atoms with Crippen molar-refractivity contribution in [1.82, 2.24) is 10.3 Å². The Hall–Kier alpha value is -1.58. The quantitative estimate of drug-likeness (QED) is 0.928. The Balaban J connectivity index is 1.55. The van der Waals surface area contributed by atoms with Crippen molar-refractivity contribution in [2.75, 3.05) is 6.54 Å². The van der Waals surface area contributed by atoms with Gasteiger partial charge in [-0.15, -0.1) is 0 Å². The maximum absolute atomic E-state index is 6.18. The van der Waals surface area contributed by atoms with Gasteiger partial charge in [-0.2, -0.15) is 0 Å². The molecule has 1 aromatic carbocycles. The van der Waals surface area contributed by atoms with Gasteiger partial charge in [-0.1, -0.05) is 42.8 Å². The third-order valence-electron chi connectivity index (χ3n) is 5.37. The van der Waals surface area contributed by atoms with Crippen LogP contribution in [0.5, 0.6) is 5.88 Å². The zero-order chi connectivity index (χ0) is 15.9. The SMILES string of the molecule is CC12CCNC1CCc1nc(OCc3ccccc3Cl)ccc12. The van der Waals surface area contributed by atoms with Crippen LogP contribution in [-0.2, 0) is 18.4 Å². The Bertz CT molecular complexity index is 733. The molecule has 1 aliphatic heterocycles. The average Bonchev–Trinajstić information content (AvgIpc) is 2.96. The van der Waals surface area contributed by atoms with E-state index in [9.17, 15) is 0 Å². The summed E-state index contributed by atoms with van der Waals surface area (Å²) in [5.74, 6) is 0.691. The second-order valence-corrected chi connectivity index (χ2v) is 7.14. The van der Waals surface area contributed by atoms with Gasteiger partial charge in [0.2, 0.25) is 5.88 Å². The molecule has 1 aromatic heterocycles. The van der Waals surface area contributed by atoms with Crippen LogP contribution in [0, 0.1) is 0 Å². The van der Waals surface area contributed by atoms with E-state index in [1.165, 1.54) is 17.7 Å². The lowest BCUT2D eigenvalue weighted by Gasteiger charge is -2.37. The first kappa shape index (κ1) is 15.0. The Morgan fingerprint density at radius 2 is 2.17 bits per heavy atom. The minimum absolute atomic E-state index is 0.224. The van der Waals surface area contributed by atoms with Crippen molar-refractivity contribution in [2.45, 2.75) is 44.2 Å². The van der Waals surface area contributed by atoms with Crippen molar-refractivity contribution in [2.24, 2.45) is 0 Å². The monoisotopic (exact) mass is 328 g/mol. The molecule has 4 heteroatoms. The first-order valence-corrected chi connectivity index (χ1v) is 8.64. The second kappa shape index (κ2) is 5.81. The minimum atomic E-state index is 0.224. The summed E-state index contributed by atoms with van der Waals surface area (Å²) in [4.78, 5) is 4.77. The molecular weight excluding hydrogens is 308 g/mol. The van der Waals surface area contributed by atoms with Gasteiger partial charge in [0.05, 0.1) is 0 Å². The third-order valence-corrected chi connectivity index (χ3v) is 5.74. The number of nitrogens with one attached hydrogen (secondary N) is 1. The Labute approximate surface area is 142 Å². The van der Waals surface area contributed by atoms with Crippen LogP contribution in [-0.4, -0.2) is 17.6 Å². The van der Waals surface area contributed by atoms with Gasteiger partial charge in [-0.05, 0) is 37.4 Å². The predicted molar refractivity (Wildman–Crippen MR) is 92.1 cm³/mol. The summed E-state index contributed by atoms with van der Waals surface area (Å²) in [6.07, 6.45) is 3.36. The summed E-state index contributed by atoms with van der Waals surface area (Å²) in [6.45, 7) is 3.92. The Morgan fingerprint density at radius 1 is 1.30 bits per heavy atom. The van der Waals surface area contributed by atoms with Crippen LogP contribution in [0.25, 0.3) is 0 Å². The molecule has 2 aliphatic rings. The lowest BCUT2D eigenvalue weighted by Crippen LogP contribution is -2.42. The molecule has 1 saturated heterocycles. The number of rotatable bonds is 3. The number of fused-ring (bicyclic) bond motifs is 3. The first-order valence-electron chi connectivity index (χ1n) is 8.27. The topological polar surface area (TPSA) is 34.2 Å². The molecule has 2 unspecified atom stereocenters. The van der Waals surface area contributed by atoms with E-state index < -0.39 is 0 Å². The first-order chi connectivity index (χ1) is 11.2. The number of hydrogen-bond donors (Lipinski definition) is 1. The predicted octanol–water partition coefficient (Wildman–Crippen LogP) is 3.88. The van der Waals surface area contributed by atoms with Gasteiger partial charge in [0, 0.05) is 33.8 Å². The highest BCUT2D eigenvalue weighted by Crippen LogP contribution is 2.42. The second-order valence-electron chi connectivity index (χ2n) is 6.74. The van der Waals surface area contributed by atoms with Crippen LogP contribution in [0.1, 0.15) is 36.6 Å². The normalized spacial score (nSPS) is 25.7. The van der Waals surface area contributed by atoms with E-state index in [2.05, 4.69) is 18.3 Å². The maximum Gasteiger partial charge on any atom is 0.213 e. The van der Waals surface area contributed by atoms with E-state index in [4.69, 9.17) is 21.3 Å². The van der Waals surface area contributed by atoms with Crippen molar-refractivity contribution in [3.05, 3.63) is 58.2 Å². The minimum Gasteiger partial charge on any atom is -0.473 e. The van der Waals surface area contributed by atoms with E-state index >= 15 is 0 Å². The molecule has 23 heavy (non-hydrogen) atoms. The average molecular weight is 329 g/mol. The largest absolute Gasteiger partial charge is 0.473 e. The summed E-state index contributed by atoms with van der Waals surface area (Å²) in [5.41, 5.74) is 3.80. The number of halogens is 1. The van der Waals surface area contributed by atoms with Crippen LogP contribution in [0.3, 0.4) is 0 Å². The number of pyridine rings is 1. The number of aryl methyl sites for hydroxylation is 1. The van der Waals surface area contributed by atoms with Gasteiger partial charge >= 0.3 is 0 Å². The van der Waals surface area contributed by atoms with Crippen molar-refractivity contribution in [3.63, 3.8) is 0 Å². The fourth-order valence-electron chi connectivity index (χ4n) is 3.97. The number of benzene rings is 1. The van der Waals surface area contributed by atoms with Crippen LogP contribution >= 0.6 is 11.6 Å². The fourth-order valence-corrected chi connectivity index (χ4v) is 4.16. The molecule has 2 atom stereocenters. The molecule has 2 aromatic rings. The van der Waals surface area contributed by atoms with E-state index in [0.717, 1.165) is 30.0 Å². The van der Waals surface area contributed by atoms with E-state index in [-0.39, 0.29) is 5.41 Å². The molecule has 4 rings (SSSR count). The summed E-state index contributed by atoms with van der Waals surface area (Å²) < 4.78 is 5.87. The third kappa shape index (κ3) is 2.62. The zero-order valence-corrected chi connectivity index (χ0v) is 14.1. The van der Waals surface area contributed by atoms with Crippen LogP contribution in [0.2, 0.25) is 5.02 Å². The van der Waals surface area contributed by atoms with Crippen LogP contribution in [0.15, 0.2) is 36.4 Å². The number of aromatic nitrogens is 1. The molecule has 120 valence electrons. The van der Waals surface area contributed by atoms with Crippen LogP contribution in [0.4, 0.5) is 0 Å². The molecule has 1 aliphatic carbocycles. The number of hydrogen-bond acceptors (Lipinski definition) is 3. The van der Waals surface area contributed by atoms with E-state index in [0.29, 0.717) is 18.5 Å². The molecule has 0 radical (unpaired) electrons.